The molecule has 3 nitrogen and oxygen atoms in total. The van der Waals surface area contributed by atoms with Crippen LogP contribution in [0.4, 0.5) is 0 Å². The van der Waals surface area contributed by atoms with Gasteiger partial charge in [0, 0.05) is 0 Å². The summed E-state index contributed by atoms with van der Waals surface area (Å²) in [5.74, 6) is 6.23. The maximum atomic E-state index is 8.76. The topological polar surface area (TPSA) is 38.7 Å². The molecule has 0 saturated heterocycles. The van der Waals surface area contributed by atoms with Crippen molar-refractivity contribution in [1.29, 1.82) is 0 Å². The molecule has 0 spiro atoms. The number of methoxy groups -OCH3 is 1. The van der Waals surface area contributed by atoms with Crippen LogP contribution in [-0.4, -0.2) is 24.4 Å². The molecule has 0 unspecified atom stereocenters. The second-order valence-corrected chi connectivity index (χ2v) is 4.90. The van der Waals surface area contributed by atoms with Gasteiger partial charge in [0.2, 0.25) is 0 Å². The summed E-state index contributed by atoms with van der Waals surface area (Å²) in [6.45, 7) is 6.63. The summed E-state index contributed by atoms with van der Waals surface area (Å²) >= 11 is 0. The highest BCUT2D eigenvalue weighted by molar-refractivity contribution is 5.48. The van der Waals surface area contributed by atoms with E-state index < -0.39 is 0 Å². The Morgan fingerprint density at radius 1 is 1.32 bits per heavy atom. The van der Waals surface area contributed by atoms with Gasteiger partial charge in [0.1, 0.15) is 12.4 Å². The first kappa shape index (κ1) is 15.6. The van der Waals surface area contributed by atoms with Crippen LogP contribution in [0.1, 0.15) is 38.3 Å². The SMILES string of the molecule is CCC(C)(C)OCc1ccc(OC)c(C#CCO)c1. The molecule has 0 saturated carbocycles. The van der Waals surface area contributed by atoms with E-state index in [0.717, 1.165) is 17.5 Å². The van der Waals surface area contributed by atoms with Crippen LogP contribution >= 0.6 is 0 Å². The lowest BCUT2D eigenvalue weighted by atomic mass is 10.1. The predicted molar refractivity (Wildman–Crippen MR) is 76.1 cm³/mol. The molecule has 0 aliphatic rings. The van der Waals surface area contributed by atoms with E-state index in [1.807, 2.05) is 18.2 Å². The van der Waals surface area contributed by atoms with E-state index >= 15 is 0 Å². The van der Waals surface area contributed by atoms with Crippen LogP contribution in [-0.2, 0) is 11.3 Å². The van der Waals surface area contributed by atoms with Gasteiger partial charge in [0.25, 0.3) is 0 Å². The van der Waals surface area contributed by atoms with Crippen LogP contribution in [0.2, 0.25) is 0 Å². The molecule has 0 aliphatic carbocycles. The Morgan fingerprint density at radius 2 is 2.05 bits per heavy atom. The molecule has 0 amide bonds. The minimum atomic E-state index is -0.160. The van der Waals surface area contributed by atoms with Crippen molar-refractivity contribution < 1.29 is 14.6 Å². The number of benzene rings is 1. The van der Waals surface area contributed by atoms with E-state index in [1.165, 1.54) is 0 Å². The van der Waals surface area contributed by atoms with Gasteiger partial charge >= 0.3 is 0 Å². The van der Waals surface area contributed by atoms with E-state index in [4.69, 9.17) is 14.6 Å². The number of aliphatic hydroxyl groups excluding tert-OH is 1. The molecular weight excluding hydrogens is 240 g/mol. The summed E-state index contributed by atoms with van der Waals surface area (Å²) in [7, 11) is 1.61. The van der Waals surface area contributed by atoms with Gasteiger partial charge in [-0.25, -0.2) is 0 Å². The second-order valence-electron chi connectivity index (χ2n) is 4.90. The van der Waals surface area contributed by atoms with Gasteiger partial charge in [-0.1, -0.05) is 24.8 Å². The smallest absolute Gasteiger partial charge is 0.134 e. The number of rotatable bonds is 5. The molecule has 1 aromatic carbocycles. The quantitative estimate of drug-likeness (QED) is 0.829. The van der Waals surface area contributed by atoms with Crippen LogP contribution in [0.15, 0.2) is 18.2 Å². The van der Waals surface area contributed by atoms with Crippen molar-refractivity contribution in [2.45, 2.75) is 39.4 Å². The van der Waals surface area contributed by atoms with Crippen LogP contribution in [0, 0.1) is 11.8 Å². The Balaban J connectivity index is 2.86. The molecule has 104 valence electrons. The summed E-state index contributed by atoms with van der Waals surface area (Å²) in [5.41, 5.74) is 1.69. The molecule has 1 aromatic rings. The Kier molecular flexibility index (Phi) is 5.88. The molecule has 1 rings (SSSR count). The van der Waals surface area contributed by atoms with E-state index in [0.29, 0.717) is 12.4 Å². The number of hydrogen-bond donors (Lipinski definition) is 1. The third kappa shape index (κ3) is 4.94. The Morgan fingerprint density at radius 3 is 2.63 bits per heavy atom. The maximum absolute atomic E-state index is 8.76. The molecule has 0 radical (unpaired) electrons. The van der Waals surface area contributed by atoms with Crippen molar-refractivity contribution in [3.8, 4) is 17.6 Å². The Hall–Kier alpha value is -1.50. The molecule has 19 heavy (non-hydrogen) atoms. The summed E-state index contributed by atoms with van der Waals surface area (Å²) < 4.78 is 11.1. The first-order chi connectivity index (χ1) is 9.02. The molecule has 0 fully saturated rings. The van der Waals surface area contributed by atoms with Gasteiger partial charge in [0.15, 0.2) is 0 Å². The van der Waals surface area contributed by atoms with E-state index in [2.05, 4.69) is 32.6 Å². The minimum Gasteiger partial charge on any atom is -0.495 e. The van der Waals surface area contributed by atoms with Gasteiger partial charge in [-0.3, -0.25) is 0 Å². The van der Waals surface area contributed by atoms with E-state index in [-0.39, 0.29) is 12.2 Å². The van der Waals surface area contributed by atoms with Crippen LogP contribution in [0.5, 0.6) is 5.75 Å². The average Bonchev–Trinajstić information content (AvgIpc) is 2.43. The predicted octanol–water partition coefficient (Wildman–Crippen LogP) is 2.74. The van der Waals surface area contributed by atoms with Crippen LogP contribution < -0.4 is 4.74 Å². The van der Waals surface area contributed by atoms with Crippen molar-refractivity contribution in [2.24, 2.45) is 0 Å². The average molecular weight is 262 g/mol. The maximum Gasteiger partial charge on any atom is 0.134 e. The molecule has 0 aliphatic heterocycles. The summed E-state index contributed by atoms with van der Waals surface area (Å²) in [5, 5.41) is 8.76. The lowest BCUT2D eigenvalue weighted by Gasteiger charge is -2.23. The second kappa shape index (κ2) is 7.18. The lowest BCUT2D eigenvalue weighted by molar-refractivity contribution is -0.0316. The minimum absolute atomic E-state index is 0.128. The zero-order chi connectivity index (χ0) is 14.3. The highest BCUT2D eigenvalue weighted by Crippen LogP contribution is 2.21. The van der Waals surface area contributed by atoms with Gasteiger partial charge in [0.05, 0.1) is 24.9 Å². The van der Waals surface area contributed by atoms with Crippen molar-refractivity contribution in [3.05, 3.63) is 29.3 Å². The molecule has 0 heterocycles. The summed E-state index contributed by atoms with van der Waals surface area (Å²) in [6.07, 6.45) is 0.959. The zero-order valence-corrected chi connectivity index (χ0v) is 12.1. The first-order valence-electron chi connectivity index (χ1n) is 6.43. The molecule has 0 atom stereocenters. The van der Waals surface area contributed by atoms with Gasteiger partial charge in [-0.2, -0.15) is 0 Å². The fourth-order valence-corrected chi connectivity index (χ4v) is 1.46. The Labute approximate surface area is 115 Å². The van der Waals surface area contributed by atoms with Crippen molar-refractivity contribution in [2.75, 3.05) is 13.7 Å². The van der Waals surface area contributed by atoms with Gasteiger partial charge in [-0.15, -0.1) is 0 Å². The number of aliphatic hydroxyl groups is 1. The molecule has 3 heteroatoms. The largest absolute Gasteiger partial charge is 0.495 e. The number of hydrogen-bond acceptors (Lipinski definition) is 3. The highest BCUT2D eigenvalue weighted by Gasteiger charge is 2.15. The first-order valence-corrected chi connectivity index (χ1v) is 6.43. The third-order valence-corrected chi connectivity index (χ3v) is 3.05. The van der Waals surface area contributed by atoms with Crippen molar-refractivity contribution in [1.82, 2.24) is 0 Å². The monoisotopic (exact) mass is 262 g/mol. The lowest BCUT2D eigenvalue weighted by Crippen LogP contribution is -2.22. The van der Waals surface area contributed by atoms with E-state index in [1.54, 1.807) is 7.11 Å². The molecular formula is C16H22O3. The molecule has 0 bridgehead atoms. The highest BCUT2D eigenvalue weighted by atomic mass is 16.5. The fraction of sp³-hybridized carbons (Fsp3) is 0.500. The Bertz CT molecular complexity index is 467. The van der Waals surface area contributed by atoms with Crippen molar-refractivity contribution in [3.63, 3.8) is 0 Å². The van der Waals surface area contributed by atoms with Gasteiger partial charge in [-0.05, 0) is 38.0 Å². The van der Waals surface area contributed by atoms with Gasteiger partial charge < -0.3 is 14.6 Å². The molecule has 0 aromatic heterocycles. The fourth-order valence-electron chi connectivity index (χ4n) is 1.46. The van der Waals surface area contributed by atoms with Crippen molar-refractivity contribution >= 4 is 0 Å². The normalized spacial score (nSPS) is 10.8. The standard InChI is InChI=1S/C16H22O3/c1-5-16(2,3)19-12-13-8-9-15(18-4)14(11-13)7-6-10-17/h8-9,11,17H,5,10,12H2,1-4H3. The number of ether oxygens (including phenoxy) is 2. The molecule has 1 N–H and O–H groups in total. The zero-order valence-electron chi connectivity index (χ0n) is 12.1. The third-order valence-electron chi connectivity index (χ3n) is 3.05. The van der Waals surface area contributed by atoms with Crippen LogP contribution in [0.3, 0.4) is 0 Å². The van der Waals surface area contributed by atoms with Crippen LogP contribution in [0.25, 0.3) is 0 Å². The summed E-state index contributed by atoms with van der Waals surface area (Å²) in [6, 6.07) is 5.78. The van der Waals surface area contributed by atoms with E-state index in [9.17, 15) is 0 Å². The summed E-state index contributed by atoms with van der Waals surface area (Å²) in [4.78, 5) is 0.